The number of phenols is 1. The second-order valence-electron chi connectivity index (χ2n) is 6.76. The van der Waals surface area contributed by atoms with Gasteiger partial charge in [0.1, 0.15) is 5.75 Å². The minimum atomic E-state index is -0.156. The zero-order valence-corrected chi connectivity index (χ0v) is 14.1. The maximum absolute atomic E-state index is 12.4. The van der Waals surface area contributed by atoms with Crippen molar-refractivity contribution in [2.45, 2.75) is 19.4 Å². The van der Waals surface area contributed by atoms with E-state index in [1.165, 1.54) is 0 Å². The highest BCUT2D eigenvalue weighted by molar-refractivity contribution is 5.71. The maximum Gasteiger partial charge on any atom is 0.328 e. The van der Waals surface area contributed by atoms with Crippen molar-refractivity contribution in [2.75, 3.05) is 20.1 Å². The molecule has 1 aliphatic rings. The number of hydrogen-bond donors (Lipinski definition) is 2. The van der Waals surface area contributed by atoms with Crippen molar-refractivity contribution in [1.82, 2.24) is 24.4 Å². The molecule has 0 atom stereocenters. The van der Waals surface area contributed by atoms with Crippen LogP contribution in [0.1, 0.15) is 12.8 Å². The fraction of sp³-hybridized carbons (Fsp3) is 0.389. The molecule has 1 fully saturated rings. The van der Waals surface area contributed by atoms with Gasteiger partial charge in [-0.15, -0.1) is 0 Å². The lowest BCUT2D eigenvalue weighted by Gasteiger charge is -2.28. The monoisotopic (exact) mass is 339 g/mol. The van der Waals surface area contributed by atoms with Gasteiger partial charge in [0.15, 0.2) is 11.3 Å². The summed E-state index contributed by atoms with van der Waals surface area (Å²) in [6.45, 7) is 2.79. The predicted molar refractivity (Wildman–Crippen MR) is 95.5 cm³/mol. The van der Waals surface area contributed by atoms with Crippen molar-refractivity contribution in [2.24, 2.45) is 5.92 Å². The summed E-state index contributed by atoms with van der Waals surface area (Å²) >= 11 is 0. The predicted octanol–water partition coefficient (Wildman–Crippen LogP) is 1.83. The summed E-state index contributed by atoms with van der Waals surface area (Å²) in [5.74, 6) is 0.686. The molecule has 0 aliphatic carbocycles. The van der Waals surface area contributed by atoms with Gasteiger partial charge in [0.05, 0.1) is 11.9 Å². The van der Waals surface area contributed by atoms with Crippen LogP contribution in [-0.2, 0) is 6.54 Å². The standard InChI is InChI=1S/C18H21N5O2/c1-22-8-6-12(7-9-22)11-23-17-16(21-18(23)25)19-10-15(20-17)13-2-4-14(24)5-3-13/h2-5,10,12,24H,6-9,11H2,1H3,(H,19,21,25). The second kappa shape index (κ2) is 6.33. The van der Waals surface area contributed by atoms with Crippen molar-refractivity contribution < 1.29 is 5.11 Å². The molecule has 3 aromatic rings. The number of phenolic OH excluding ortho intramolecular Hbond substituents is 1. The fourth-order valence-corrected chi connectivity index (χ4v) is 3.36. The summed E-state index contributed by atoms with van der Waals surface area (Å²) in [6, 6.07) is 6.81. The Morgan fingerprint density at radius 1 is 1.24 bits per heavy atom. The van der Waals surface area contributed by atoms with E-state index in [1.807, 2.05) is 0 Å². The number of aromatic hydroxyl groups is 1. The highest BCUT2D eigenvalue weighted by Gasteiger charge is 2.20. The van der Waals surface area contributed by atoms with E-state index in [0.29, 0.717) is 29.5 Å². The molecule has 1 saturated heterocycles. The molecule has 130 valence electrons. The Bertz CT molecular complexity index is 936. The Morgan fingerprint density at radius 3 is 2.68 bits per heavy atom. The van der Waals surface area contributed by atoms with Crippen LogP contribution in [0.5, 0.6) is 5.75 Å². The zero-order chi connectivity index (χ0) is 17.4. The van der Waals surface area contributed by atoms with Crippen LogP contribution in [0.4, 0.5) is 0 Å². The summed E-state index contributed by atoms with van der Waals surface area (Å²) < 4.78 is 1.71. The van der Waals surface area contributed by atoms with Crippen LogP contribution < -0.4 is 5.69 Å². The van der Waals surface area contributed by atoms with Gasteiger partial charge >= 0.3 is 5.69 Å². The number of nitrogens with zero attached hydrogens (tertiary/aromatic N) is 4. The molecule has 0 bridgehead atoms. The summed E-state index contributed by atoms with van der Waals surface area (Å²) in [7, 11) is 2.13. The number of rotatable bonds is 3. The number of benzene rings is 1. The fourth-order valence-electron chi connectivity index (χ4n) is 3.36. The average Bonchev–Trinajstić information content (AvgIpc) is 2.92. The van der Waals surface area contributed by atoms with Gasteiger partial charge in [-0.2, -0.15) is 0 Å². The normalized spacial score (nSPS) is 16.5. The number of likely N-dealkylation sites (tertiary alicyclic amines) is 1. The molecule has 0 radical (unpaired) electrons. The van der Waals surface area contributed by atoms with Gasteiger partial charge < -0.3 is 10.0 Å². The molecule has 0 unspecified atom stereocenters. The van der Waals surface area contributed by atoms with E-state index in [0.717, 1.165) is 31.5 Å². The quantitative estimate of drug-likeness (QED) is 0.760. The van der Waals surface area contributed by atoms with Gasteiger partial charge in [-0.3, -0.25) is 9.55 Å². The lowest BCUT2D eigenvalue weighted by molar-refractivity contribution is 0.205. The van der Waals surface area contributed by atoms with Gasteiger partial charge in [-0.25, -0.2) is 14.8 Å². The van der Waals surface area contributed by atoms with E-state index in [2.05, 4.69) is 26.9 Å². The zero-order valence-electron chi connectivity index (χ0n) is 14.1. The first kappa shape index (κ1) is 15.8. The van der Waals surface area contributed by atoms with E-state index >= 15 is 0 Å². The topological polar surface area (TPSA) is 87.0 Å². The number of aromatic amines is 1. The third-order valence-corrected chi connectivity index (χ3v) is 4.92. The molecule has 1 aromatic carbocycles. The van der Waals surface area contributed by atoms with Gasteiger partial charge in [0.25, 0.3) is 0 Å². The lowest BCUT2D eigenvalue weighted by atomic mass is 9.97. The highest BCUT2D eigenvalue weighted by atomic mass is 16.3. The molecule has 2 aromatic heterocycles. The number of piperidine rings is 1. The molecule has 0 saturated carbocycles. The van der Waals surface area contributed by atoms with Gasteiger partial charge in [0, 0.05) is 12.1 Å². The molecular formula is C18H21N5O2. The summed E-state index contributed by atoms with van der Waals surface area (Å²) in [5.41, 5.74) is 2.49. The number of nitrogens with one attached hydrogen (secondary N) is 1. The van der Waals surface area contributed by atoms with Crippen LogP contribution in [0.3, 0.4) is 0 Å². The molecule has 3 heterocycles. The molecule has 2 N–H and O–H groups in total. The number of aromatic nitrogens is 4. The molecule has 1 aliphatic heterocycles. The highest BCUT2D eigenvalue weighted by Crippen LogP contribution is 2.22. The SMILES string of the molecule is CN1CCC(Cn2c(=O)[nH]c3ncc(-c4ccc(O)cc4)nc32)CC1. The van der Waals surface area contributed by atoms with E-state index in [9.17, 15) is 9.90 Å². The van der Waals surface area contributed by atoms with E-state index in [4.69, 9.17) is 0 Å². The number of imidazole rings is 1. The smallest absolute Gasteiger partial charge is 0.328 e. The van der Waals surface area contributed by atoms with Crippen LogP contribution in [0.25, 0.3) is 22.6 Å². The molecule has 7 nitrogen and oxygen atoms in total. The Morgan fingerprint density at radius 2 is 1.96 bits per heavy atom. The van der Waals surface area contributed by atoms with E-state index in [-0.39, 0.29) is 11.4 Å². The van der Waals surface area contributed by atoms with Crippen molar-refractivity contribution in [1.29, 1.82) is 0 Å². The Hall–Kier alpha value is -2.67. The Balaban J connectivity index is 1.69. The largest absolute Gasteiger partial charge is 0.508 e. The lowest BCUT2D eigenvalue weighted by Crippen LogP contribution is -2.33. The first-order chi connectivity index (χ1) is 12.1. The number of fused-ring (bicyclic) bond motifs is 1. The first-order valence-electron chi connectivity index (χ1n) is 8.53. The average molecular weight is 339 g/mol. The minimum Gasteiger partial charge on any atom is -0.508 e. The van der Waals surface area contributed by atoms with Crippen molar-refractivity contribution in [3.05, 3.63) is 40.9 Å². The van der Waals surface area contributed by atoms with Crippen LogP contribution >= 0.6 is 0 Å². The van der Waals surface area contributed by atoms with E-state index in [1.54, 1.807) is 35.0 Å². The van der Waals surface area contributed by atoms with E-state index < -0.39 is 0 Å². The summed E-state index contributed by atoms with van der Waals surface area (Å²) in [4.78, 5) is 26.5. The molecule has 25 heavy (non-hydrogen) atoms. The first-order valence-corrected chi connectivity index (χ1v) is 8.53. The van der Waals surface area contributed by atoms with Crippen molar-refractivity contribution in [3.8, 4) is 17.0 Å². The minimum absolute atomic E-state index is 0.156. The van der Waals surface area contributed by atoms with Crippen molar-refractivity contribution in [3.63, 3.8) is 0 Å². The molecule has 7 heteroatoms. The van der Waals surface area contributed by atoms with Gasteiger partial charge in [-0.05, 0) is 63.2 Å². The van der Waals surface area contributed by atoms with Crippen molar-refractivity contribution >= 4 is 11.3 Å². The van der Waals surface area contributed by atoms with Crippen LogP contribution in [-0.4, -0.2) is 49.7 Å². The maximum atomic E-state index is 12.4. The molecule has 0 spiro atoms. The Labute approximate surface area is 145 Å². The van der Waals surface area contributed by atoms with Crippen LogP contribution in [0.2, 0.25) is 0 Å². The van der Waals surface area contributed by atoms with Gasteiger partial charge in [-0.1, -0.05) is 0 Å². The summed E-state index contributed by atoms with van der Waals surface area (Å²) in [5, 5.41) is 9.43. The number of hydrogen-bond acceptors (Lipinski definition) is 5. The van der Waals surface area contributed by atoms with Crippen LogP contribution in [0.15, 0.2) is 35.3 Å². The van der Waals surface area contributed by atoms with Gasteiger partial charge in [0.2, 0.25) is 0 Å². The second-order valence-corrected chi connectivity index (χ2v) is 6.76. The molecule has 0 amide bonds. The Kier molecular flexibility index (Phi) is 4.01. The third kappa shape index (κ3) is 3.15. The number of H-pyrrole nitrogens is 1. The molecular weight excluding hydrogens is 318 g/mol. The molecule has 4 rings (SSSR count). The summed E-state index contributed by atoms with van der Waals surface area (Å²) in [6.07, 6.45) is 3.81. The third-order valence-electron chi connectivity index (χ3n) is 4.92. The van der Waals surface area contributed by atoms with Crippen LogP contribution in [0, 0.1) is 5.92 Å².